The molecule has 0 amide bonds. The molecule has 0 spiro atoms. The molecule has 0 aliphatic rings. The predicted octanol–water partition coefficient (Wildman–Crippen LogP) is 5.79. The molecular formula is C23H21N3O. The van der Waals surface area contributed by atoms with Crippen molar-refractivity contribution in [3.05, 3.63) is 90.5 Å². The lowest BCUT2D eigenvalue weighted by molar-refractivity contribution is 0.465. The molecule has 4 heteroatoms. The topological polar surface area (TPSA) is 60.2 Å². The lowest BCUT2D eigenvalue weighted by Crippen LogP contribution is -2.04. The summed E-state index contributed by atoms with van der Waals surface area (Å²) in [4.78, 5) is 4.58. The first-order chi connectivity index (χ1) is 13.2. The number of hydrogen-bond donors (Lipinski definition) is 2. The van der Waals surface area contributed by atoms with Crippen LogP contribution in [0.5, 0.6) is 11.6 Å². The lowest BCUT2D eigenvalue weighted by Gasteiger charge is -2.10. The number of ether oxygens (including phenoxy) is 1. The van der Waals surface area contributed by atoms with Crippen LogP contribution < -0.4 is 15.8 Å². The zero-order chi connectivity index (χ0) is 18.6. The molecule has 1 unspecified atom stereocenters. The molecular weight excluding hydrogens is 334 g/mol. The van der Waals surface area contributed by atoms with Gasteiger partial charge in [-0.2, -0.15) is 0 Å². The molecule has 0 saturated carbocycles. The monoisotopic (exact) mass is 355 g/mol. The van der Waals surface area contributed by atoms with Crippen LogP contribution in [0.4, 0.5) is 11.4 Å². The number of anilines is 2. The summed E-state index contributed by atoms with van der Waals surface area (Å²) in [5.41, 5.74) is 9.99. The second-order valence-corrected chi connectivity index (χ2v) is 6.51. The second kappa shape index (κ2) is 7.48. The number of para-hydroxylation sites is 1. The van der Waals surface area contributed by atoms with Crippen molar-refractivity contribution in [2.75, 3.05) is 5.32 Å². The van der Waals surface area contributed by atoms with Gasteiger partial charge in [-0.3, -0.25) is 0 Å². The summed E-state index contributed by atoms with van der Waals surface area (Å²) < 4.78 is 5.91. The number of nitrogens with zero attached hydrogens (tertiary/aromatic N) is 1. The normalized spacial score (nSPS) is 11.9. The Balaban J connectivity index is 1.49. The van der Waals surface area contributed by atoms with Crippen molar-refractivity contribution >= 4 is 22.3 Å². The van der Waals surface area contributed by atoms with E-state index >= 15 is 0 Å². The van der Waals surface area contributed by atoms with Crippen molar-refractivity contribution in [2.45, 2.75) is 13.0 Å². The molecule has 4 nitrogen and oxygen atoms in total. The van der Waals surface area contributed by atoms with E-state index in [-0.39, 0.29) is 6.04 Å². The standard InChI is InChI=1S/C23H21N3O/c1-16(24)17-7-13-22-18(15-17)8-14-23(26-22)27-21-11-9-20(10-12-21)25-19-5-3-2-4-6-19/h2-16,25H,24H2,1H3. The first-order valence-corrected chi connectivity index (χ1v) is 8.94. The first-order valence-electron chi connectivity index (χ1n) is 8.94. The van der Waals surface area contributed by atoms with E-state index in [1.807, 2.05) is 85.8 Å². The SMILES string of the molecule is CC(N)c1ccc2nc(Oc3ccc(Nc4ccccc4)cc3)ccc2c1. The van der Waals surface area contributed by atoms with E-state index in [0.29, 0.717) is 5.88 Å². The Kier molecular flexibility index (Phi) is 4.73. The number of aromatic nitrogens is 1. The maximum Gasteiger partial charge on any atom is 0.219 e. The molecule has 1 aromatic heterocycles. The van der Waals surface area contributed by atoms with Crippen molar-refractivity contribution in [3.8, 4) is 11.6 Å². The lowest BCUT2D eigenvalue weighted by atomic mass is 10.1. The highest BCUT2D eigenvalue weighted by molar-refractivity contribution is 5.80. The van der Waals surface area contributed by atoms with E-state index in [9.17, 15) is 0 Å². The number of hydrogen-bond acceptors (Lipinski definition) is 4. The summed E-state index contributed by atoms with van der Waals surface area (Å²) in [5, 5.41) is 4.41. The molecule has 1 atom stereocenters. The van der Waals surface area contributed by atoms with Gasteiger partial charge in [-0.05, 0) is 67.1 Å². The number of rotatable bonds is 5. The van der Waals surface area contributed by atoms with Crippen LogP contribution in [0.25, 0.3) is 10.9 Å². The fourth-order valence-electron chi connectivity index (χ4n) is 2.88. The minimum atomic E-state index is 0.00772. The molecule has 0 aliphatic heterocycles. The van der Waals surface area contributed by atoms with Crippen molar-refractivity contribution in [3.63, 3.8) is 0 Å². The van der Waals surface area contributed by atoms with Crippen LogP contribution >= 0.6 is 0 Å². The van der Waals surface area contributed by atoms with Crippen LogP contribution in [-0.4, -0.2) is 4.98 Å². The quantitative estimate of drug-likeness (QED) is 0.476. The number of pyridine rings is 1. The molecule has 0 radical (unpaired) electrons. The molecule has 0 saturated heterocycles. The maximum atomic E-state index is 5.95. The Labute approximate surface area is 158 Å². The average molecular weight is 355 g/mol. The van der Waals surface area contributed by atoms with E-state index in [4.69, 9.17) is 10.5 Å². The predicted molar refractivity (Wildman–Crippen MR) is 111 cm³/mol. The number of benzene rings is 3. The minimum absolute atomic E-state index is 0.00772. The Morgan fingerprint density at radius 2 is 1.59 bits per heavy atom. The summed E-state index contributed by atoms with van der Waals surface area (Å²) in [6.45, 7) is 1.97. The van der Waals surface area contributed by atoms with Crippen molar-refractivity contribution in [1.29, 1.82) is 0 Å². The highest BCUT2D eigenvalue weighted by atomic mass is 16.5. The molecule has 1 heterocycles. The molecule has 3 N–H and O–H groups in total. The third-order valence-corrected chi connectivity index (χ3v) is 4.35. The Hall–Kier alpha value is -3.37. The van der Waals surface area contributed by atoms with Crippen LogP contribution in [0.2, 0.25) is 0 Å². The van der Waals surface area contributed by atoms with Gasteiger partial charge in [0.05, 0.1) is 5.52 Å². The molecule has 0 fully saturated rings. The van der Waals surface area contributed by atoms with Crippen molar-refractivity contribution in [2.24, 2.45) is 5.73 Å². The van der Waals surface area contributed by atoms with Gasteiger partial charge >= 0.3 is 0 Å². The Morgan fingerprint density at radius 1 is 0.852 bits per heavy atom. The fraction of sp³-hybridized carbons (Fsp3) is 0.0870. The van der Waals surface area contributed by atoms with Gasteiger partial charge in [-0.15, -0.1) is 0 Å². The number of nitrogens with two attached hydrogens (primary N) is 1. The molecule has 4 aromatic rings. The van der Waals surface area contributed by atoms with E-state index in [1.165, 1.54) is 0 Å². The summed E-state index contributed by atoms with van der Waals surface area (Å²) in [6.07, 6.45) is 0. The van der Waals surface area contributed by atoms with Crippen LogP contribution in [0.3, 0.4) is 0 Å². The third kappa shape index (κ3) is 4.07. The summed E-state index contributed by atoms with van der Waals surface area (Å²) >= 11 is 0. The Morgan fingerprint density at radius 3 is 2.33 bits per heavy atom. The van der Waals surface area contributed by atoms with Gasteiger partial charge in [-0.25, -0.2) is 4.98 Å². The van der Waals surface area contributed by atoms with Gasteiger partial charge in [-0.1, -0.05) is 24.3 Å². The highest BCUT2D eigenvalue weighted by Gasteiger charge is 2.05. The van der Waals surface area contributed by atoms with E-state index in [0.717, 1.165) is 33.6 Å². The van der Waals surface area contributed by atoms with E-state index in [1.54, 1.807) is 0 Å². The second-order valence-electron chi connectivity index (χ2n) is 6.51. The van der Waals surface area contributed by atoms with Crippen LogP contribution in [0, 0.1) is 0 Å². The smallest absolute Gasteiger partial charge is 0.219 e. The largest absolute Gasteiger partial charge is 0.439 e. The van der Waals surface area contributed by atoms with Gasteiger partial charge in [0.15, 0.2) is 0 Å². The fourth-order valence-corrected chi connectivity index (χ4v) is 2.88. The molecule has 27 heavy (non-hydrogen) atoms. The molecule has 4 rings (SSSR count). The minimum Gasteiger partial charge on any atom is -0.439 e. The van der Waals surface area contributed by atoms with Crippen LogP contribution in [0.1, 0.15) is 18.5 Å². The van der Waals surface area contributed by atoms with E-state index in [2.05, 4.69) is 16.4 Å². The summed E-state index contributed by atoms with van der Waals surface area (Å²) in [7, 11) is 0. The van der Waals surface area contributed by atoms with Crippen molar-refractivity contribution < 1.29 is 4.74 Å². The van der Waals surface area contributed by atoms with Gasteiger partial charge in [0.1, 0.15) is 5.75 Å². The summed E-state index contributed by atoms with van der Waals surface area (Å²) in [6, 6.07) is 27.8. The highest BCUT2D eigenvalue weighted by Crippen LogP contribution is 2.26. The zero-order valence-electron chi connectivity index (χ0n) is 15.1. The van der Waals surface area contributed by atoms with Gasteiger partial charge in [0.2, 0.25) is 5.88 Å². The molecule has 134 valence electrons. The molecule has 0 bridgehead atoms. The van der Waals surface area contributed by atoms with Gasteiger partial charge in [0, 0.05) is 28.9 Å². The maximum absolute atomic E-state index is 5.95. The van der Waals surface area contributed by atoms with Crippen LogP contribution in [-0.2, 0) is 0 Å². The number of nitrogens with one attached hydrogen (secondary N) is 1. The Bertz CT molecular complexity index is 1040. The average Bonchev–Trinajstić information content (AvgIpc) is 2.70. The molecule has 3 aromatic carbocycles. The summed E-state index contributed by atoms with van der Waals surface area (Å²) in [5.74, 6) is 1.31. The number of fused-ring (bicyclic) bond motifs is 1. The first kappa shape index (κ1) is 17.1. The zero-order valence-corrected chi connectivity index (χ0v) is 15.1. The molecule has 0 aliphatic carbocycles. The van der Waals surface area contributed by atoms with Gasteiger partial charge in [0.25, 0.3) is 0 Å². The van der Waals surface area contributed by atoms with Crippen LogP contribution in [0.15, 0.2) is 84.9 Å². The van der Waals surface area contributed by atoms with Gasteiger partial charge < -0.3 is 15.8 Å². The third-order valence-electron chi connectivity index (χ3n) is 4.35. The van der Waals surface area contributed by atoms with Crippen molar-refractivity contribution in [1.82, 2.24) is 4.98 Å². The van der Waals surface area contributed by atoms with E-state index < -0.39 is 0 Å².